The molecule has 4 aliphatic rings. The maximum Gasteiger partial charge on any atom is 0.306 e. The Labute approximate surface area is 341 Å². The lowest BCUT2D eigenvalue weighted by molar-refractivity contribution is -0.152. The van der Waals surface area contributed by atoms with Crippen LogP contribution < -0.4 is 4.74 Å². The van der Waals surface area contributed by atoms with E-state index in [1.807, 2.05) is 13.0 Å². The number of esters is 1. The van der Waals surface area contributed by atoms with Gasteiger partial charge in [0.15, 0.2) is 0 Å². The normalized spacial score (nSPS) is 28.0. The summed E-state index contributed by atoms with van der Waals surface area (Å²) in [6.45, 7) is 11.6. The van der Waals surface area contributed by atoms with Gasteiger partial charge in [-0.25, -0.2) is 0 Å². The first-order valence-corrected chi connectivity index (χ1v) is 22.2. The first-order valence-electron chi connectivity index (χ1n) is 22.2. The van der Waals surface area contributed by atoms with Crippen molar-refractivity contribution in [3.63, 3.8) is 0 Å². The average molecular weight is 781 g/mol. The van der Waals surface area contributed by atoms with Gasteiger partial charge in [0.1, 0.15) is 35.0 Å². The van der Waals surface area contributed by atoms with Gasteiger partial charge in [0.25, 0.3) is 0 Å². The highest BCUT2D eigenvalue weighted by molar-refractivity contribution is 5.93. The molecule has 57 heavy (non-hydrogen) atoms. The van der Waals surface area contributed by atoms with E-state index in [1.54, 1.807) is 21.0 Å². The van der Waals surface area contributed by atoms with Gasteiger partial charge >= 0.3 is 5.97 Å². The number of rotatable bonds is 19. The SMILES string of the molecule is COc1ccc2c(CC3CC(C(C)=O)C(C(=O)C(CC/C=C\C4CC4(C)C(C)=O)CC(=O)OC4CCCC4)C3)cc(C3CCC(CC(=O)CC(C)C)C3)cc2c1C. The first kappa shape index (κ1) is 43.0. The lowest BCUT2D eigenvalue weighted by Gasteiger charge is -2.23. The Morgan fingerprint density at radius 2 is 1.63 bits per heavy atom. The molecule has 4 fully saturated rings. The molecule has 7 nitrogen and oxygen atoms in total. The summed E-state index contributed by atoms with van der Waals surface area (Å²) >= 11 is 0. The Kier molecular flexibility index (Phi) is 14.0. The van der Waals surface area contributed by atoms with Crippen LogP contribution in [0.1, 0.15) is 154 Å². The van der Waals surface area contributed by atoms with E-state index in [4.69, 9.17) is 9.47 Å². The van der Waals surface area contributed by atoms with E-state index in [0.717, 1.165) is 69.1 Å². The van der Waals surface area contributed by atoms with Crippen LogP contribution in [0, 0.1) is 53.8 Å². The van der Waals surface area contributed by atoms with Crippen LogP contribution in [0.25, 0.3) is 10.8 Å². The molecule has 0 heterocycles. The molecule has 0 aromatic heterocycles. The number of benzene rings is 2. The zero-order valence-electron chi connectivity index (χ0n) is 35.8. The quantitative estimate of drug-likeness (QED) is 0.103. The zero-order valence-corrected chi connectivity index (χ0v) is 35.8. The van der Waals surface area contributed by atoms with Gasteiger partial charge in [0.05, 0.1) is 13.5 Å². The average Bonchev–Trinajstić information content (AvgIpc) is 3.62. The monoisotopic (exact) mass is 780 g/mol. The second kappa shape index (κ2) is 18.5. The number of hydrogen-bond acceptors (Lipinski definition) is 7. The minimum absolute atomic E-state index is 0.0256. The number of carbonyl (C=O) groups is 5. The van der Waals surface area contributed by atoms with Crippen LogP contribution >= 0.6 is 0 Å². The van der Waals surface area contributed by atoms with Crippen LogP contribution in [-0.4, -0.2) is 42.3 Å². The zero-order chi connectivity index (χ0) is 41.0. The van der Waals surface area contributed by atoms with Gasteiger partial charge in [-0.15, -0.1) is 0 Å². The number of aryl methyl sites for hydroxylation is 1. The van der Waals surface area contributed by atoms with Gasteiger partial charge in [-0.1, -0.05) is 51.1 Å². The largest absolute Gasteiger partial charge is 0.496 e. The third-order valence-electron chi connectivity index (χ3n) is 14.5. The third kappa shape index (κ3) is 10.3. The Morgan fingerprint density at radius 1 is 0.895 bits per heavy atom. The number of methoxy groups -OCH3 is 1. The summed E-state index contributed by atoms with van der Waals surface area (Å²) in [6.07, 6.45) is 16.5. The van der Waals surface area contributed by atoms with E-state index in [2.05, 4.69) is 51.1 Å². The maximum atomic E-state index is 14.6. The molecule has 0 N–H and O–H groups in total. The van der Waals surface area contributed by atoms with E-state index >= 15 is 0 Å². The number of Topliss-reactive ketones (excluding diaryl/α,β-unsaturated/α-hetero) is 4. The van der Waals surface area contributed by atoms with Crippen molar-refractivity contribution in [2.45, 2.75) is 156 Å². The molecule has 0 radical (unpaired) electrons. The van der Waals surface area contributed by atoms with Crippen LogP contribution in [0.15, 0.2) is 36.4 Å². The predicted molar refractivity (Wildman–Crippen MR) is 225 cm³/mol. The van der Waals surface area contributed by atoms with Gasteiger partial charge < -0.3 is 9.47 Å². The summed E-state index contributed by atoms with van der Waals surface area (Å²) in [5, 5.41) is 2.36. The highest BCUT2D eigenvalue weighted by atomic mass is 16.5. The summed E-state index contributed by atoms with van der Waals surface area (Å²) in [7, 11) is 1.71. The molecule has 0 spiro atoms. The summed E-state index contributed by atoms with van der Waals surface area (Å²) in [6, 6.07) is 8.91. The van der Waals surface area contributed by atoms with E-state index in [1.165, 1.54) is 21.9 Å². The van der Waals surface area contributed by atoms with Crippen molar-refractivity contribution in [3.8, 4) is 5.75 Å². The number of carbonyl (C=O) groups excluding carboxylic acids is 5. The smallest absolute Gasteiger partial charge is 0.306 e. The molecule has 0 saturated heterocycles. The van der Waals surface area contributed by atoms with Crippen LogP contribution in [-0.2, 0) is 35.1 Å². The number of allylic oxidation sites excluding steroid dienone is 2. The fourth-order valence-corrected chi connectivity index (χ4v) is 10.8. The van der Waals surface area contributed by atoms with E-state index in [0.29, 0.717) is 62.1 Å². The predicted octanol–water partition coefficient (Wildman–Crippen LogP) is 10.8. The Bertz CT molecular complexity index is 1850. The molecule has 0 amide bonds. The summed E-state index contributed by atoms with van der Waals surface area (Å²) in [5.41, 5.74) is 3.38. The third-order valence-corrected chi connectivity index (χ3v) is 14.5. The highest BCUT2D eigenvalue weighted by Gasteiger charge is 2.52. The Hall–Kier alpha value is -3.61. The topological polar surface area (TPSA) is 104 Å². The molecule has 6 rings (SSSR count). The van der Waals surface area contributed by atoms with E-state index < -0.39 is 11.8 Å². The van der Waals surface area contributed by atoms with Crippen molar-refractivity contribution in [1.29, 1.82) is 0 Å². The van der Waals surface area contributed by atoms with Crippen LogP contribution in [0.2, 0.25) is 0 Å². The van der Waals surface area contributed by atoms with Crippen molar-refractivity contribution in [2.75, 3.05) is 7.11 Å². The fraction of sp³-hybridized carbons (Fsp3) is 0.660. The standard InChI is InChI=1S/C50H68O7/c1-30(2)20-41(53)23-34-16-17-36(21-34)38-26-39(43-18-19-47(56-7)31(3)44(43)27-38)22-35-24-45(32(4)51)46(25-35)49(55)37(28-48(54)57-42-14-10-11-15-42)12-8-9-13-40-29-50(40,6)33(5)52/h9,13,18-19,26-27,30,34-37,40,42,45-46H,8,10-12,14-17,20-25,28-29H2,1-7H3/b13-9-. The minimum Gasteiger partial charge on any atom is -0.496 e. The first-order chi connectivity index (χ1) is 27.2. The van der Waals surface area contributed by atoms with Crippen molar-refractivity contribution in [2.24, 2.45) is 46.8 Å². The van der Waals surface area contributed by atoms with Crippen molar-refractivity contribution in [1.82, 2.24) is 0 Å². The second-order valence-corrected chi connectivity index (χ2v) is 19.2. The molecule has 2 aromatic rings. The Morgan fingerprint density at radius 3 is 2.30 bits per heavy atom. The number of fused-ring (bicyclic) bond motifs is 1. The van der Waals surface area contributed by atoms with E-state index in [-0.39, 0.29) is 59.0 Å². The molecule has 7 heteroatoms. The summed E-state index contributed by atoms with van der Waals surface area (Å²) in [5.74, 6) is 1.43. The minimum atomic E-state index is -0.519. The van der Waals surface area contributed by atoms with Crippen LogP contribution in [0.3, 0.4) is 0 Å². The summed E-state index contributed by atoms with van der Waals surface area (Å²) in [4.78, 5) is 66.0. The molecule has 4 saturated carbocycles. The molecule has 8 unspecified atom stereocenters. The van der Waals surface area contributed by atoms with Gasteiger partial charge in [-0.2, -0.15) is 0 Å². The van der Waals surface area contributed by atoms with Crippen molar-refractivity contribution >= 4 is 39.9 Å². The summed E-state index contributed by atoms with van der Waals surface area (Å²) < 4.78 is 11.6. The second-order valence-electron chi connectivity index (χ2n) is 19.2. The lowest BCUT2D eigenvalue weighted by atomic mass is 9.80. The molecule has 310 valence electrons. The molecule has 2 aromatic carbocycles. The number of hydrogen-bond donors (Lipinski definition) is 0. The highest BCUT2D eigenvalue weighted by Crippen LogP contribution is 2.54. The van der Waals surface area contributed by atoms with E-state index in [9.17, 15) is 24.0 Å². The van der Waals surface area contributed by atoms with Crippen molar-refractivity contribution in [3.05, 3.63) is 53.1 Å². The van der Waals surface area contributed by atoms with Crippen LogP contribution in [0.5, 0.6) is 5.75 Å². The molecule has 0 aliphatic heterocycles. The maximum absolute atomic E-state index is 14.6. The van der Waals surface area contributed by atoms with Crippen molar-refractivity contribution < 1.29 is 33.4 Å². The van der Waals surface area contributed by atoms with Gasteiger partial charge in [0.2, 0.25) is 0 Å². The molecular formula is C50H68O7. The number of ketones is 4. The lowest BCUT2D eigenvalue weighted by Crippen LogP contribution is -2.31. The number of ether oxygens (including phenoxy) is 2. The van der Waals surface area contributed by atoms with Crippen LogP contribution in [0.4, 0.5) is 0 Å². The van der Waals surface area contributed by atoms with Gasteiger partial charge in [-0.3, -0.25) is 24.0 Å². The molecular weight excluding hydrogens is 713 g/mol. The van der Waals surface area contributed by atoms with Gasteiger partial charge in [0, 0.05) is 36.0 Å². The molecule has 8 atom stereocenters. The Balaban J connectivity index is 1.21. The fourth-order valence-electron chi connectivity index (χ4n) is 10.8. The molecule has 0 bridgehead atoms. The molecule has 4 aliphatic carbocycles. The van der Waals surface area contributed by atoms with Gasteiger partial charge in [-0.05, 0) is 167 Å².